The number of carboxylic acids is 1. The van der Waals surface area contributed by atoms with Crippen molar-refractivity contribution < 1.29 is 14.6 Å². The molecule has 0 bridgehead atoms. The average molecular weight is 257 g/mol. The summed E-state index contributed by atoms with van der Waals surface area (Å²) in [6, 6.07) is 11.5. The van der Waals surface area contributed by atoms with Crippen LogP contribution in [0.1, 0.15) is 27.7 Å². The highest BCUT2D eigenvalue weighted by Crippen LogP contribution is 2.28. The zero-order chi connectivity index (χ0) is 13.2. The first-order valence-electron chi connectivity index (χ1n) is 6.33. The number of aromatic nitrogens is 1. The van der Waals surface area contributed by atoms with Gasteiger partial charge in [0.25, 0.3) is 0 Å². The summed E-state index contributed by atoms with van der Waals surface area (Å²) in [5.41, 5.74) is 2.76. The number of ether oxygens (including phenoxy) is 1. The van der Waals surface area contributed by atoms with Gasteiger partial charge in [0.05, 0.1) is 13.2 Å². The quantitative estimate of drug-likeness (QED) is 0.919. The maximum absolute atomic E-state index is 11.1. The van der Waals surface area contributed by atoms with E-state index in [4.69, 9.17) is 9.84 Å². The van der Waals surface area contributed by atoms with Crippen molar-refractivity contribution in [2.75, 3.05) is 6.61 Å². The van der Waals surface area contributed by atoms with Crippen LogP contribution >= 0.6 is 0 Å². The lowest BCUT2D eigenvalue weighted by atomic mass is 9.97. The molecule has 1 aliphatic rings. The van der Waals surface area contributed by atoms with E-state index in [-0.39, 0.29) is 6.10 Å². The standard InChI is InChI=1S/C15H15NO3/c17-15(18)13-6-3-8-16(13)10-14-12-5-2-1-4-11(12)7-9-19-14/h1-6,8,14H,7,9-10H2,(H,17,18). The summed E-state index contributed by atoms with van der Waals surface area (Å²) in [4.78, 5) is 11.1. The van der Waals surface area contributed by atoms with Gasteiger partial charge in [-0.2, -0.15) is 0 Å². The van der Waals surface area contributed by atoms with Gasteiger partial charge in [0.1, 0.15) is 11.8 Å². The third-order valence-corrected chi connectivity index (χ3v) is 3.50. The maximum atomic E-state index is 11.1. The minimum absolute atomic E-state index is 0.0737. The van der Waals surface area contributed by atoms with Crippen molar-refractivity contribution in [1.29, 1.82) is 0 Å². The van der Waals surface area contributed by atoms with Crippen molar-refractivity contribution in [2.45, 2.75) is 19.1 Å². The van der Waals surface area contributed by atoms with Crippen molar-refractivity contribution in [1.82, 2.24) is 4.57 Å². The van der Waals surface area contributed by atoms with Gasteiger partial charge in [-0.15, -0.1) is 0 Å². The highest BCUT2D eigenvalue weighted by Gasteiger charge is 2.22. The second-order valence-corrected chi connectivity index (χ2v) is 4.66. The fourth-order valence-electron chi connectivity index (χ4n) is 2.57. The topological polar surface area (TPSA) is 51.5 Å². The number of hydrogen-bond donors (Lipinski definition) is 1. The lowest BCUT2D eigenvalue weighted by molar-refractivity contribution is 0.0296. The largest absolute Gasteiger partial charge is 0.477 e. The van der Waals surface area contributed by atoms with E-state index in [1.807, 2.05) is 12.1 Å². The van der Waals surface area contributed by atoms with Gasteiger partial charge in [0.15, 0.2) is 0 Å². The minimum atomic E-state index is -0.908. The van der Waals surface area contributed by atoms with Gasteiger partial charge in [-0.3, -0.25) is 0 Å². The summed E-state index contributed by atoms with van der Waals surface area (Å²) in [5, 5.41) is 9.12. The molecule has 2 aromatic rings. The molecule has 19 heavy (non-hydrogen) atoms. The predicted molar refractivity (Wildman–Crippen MR) is 70.2 cm³/mol. The Labute approximate surface area is 111 Å². The van der Waals surface area contributed by atoms with E-state index in [0.29, 0.717) is 18.8 Å². The van der Waals surface area contributed by atoms with Crippen LogP contribution in [0.4, 0.5) is 0 Å². The van der Waals surface area contributed by atoms with Gasteiger partial charge in [0, 0.05) is 6.20 Å². The summed E-state index contributed by atoms with van der Waals surface area (Å²) in [6.07, 6.45) is 2.63. The van der Waals surface area contributed by atoms with Crippen molar-refractivity contribution in [3.8, 4) is 0 Å². The Bertz CT molecular complexity index is 603. The van der Waals surface area contributed by atoms with Crippen LogP contribution in [0, 0.1) is 0 Å². The monoisotopic (exact) mass is 257 g/mol. The number of rotatable bonds is 3. The SMILES string of the molecule is O=C(O)c1cccn1CC1OCCc2ccccc21. The third kappa shape index (κ3) is 2.27. The molecule has 98 valence electrons. The summed E-state index contributed by atoms with van der Waals surface area (Å²) in [6.45, 7) is 1.22. The number of carbonyl (C=O) groups is 1. The second kappa shape index (κ2) is 4.90. The van der Waals surface area contributed by atoms with Crippen LogP contribution in [0.5, 0.6) is 0 Å². The molecule has 1 aromatic carbocycles. The highest BCUT2D eigenvalue weighted by molar-refractivity contribution is 5.85. The molecule has 0 spiro atoms. The highest BCUT2D eigenvalue weighted by atomic mass is 16.5. The zero-order valence-electron chi connectivity index (χ0n) is 10.5. The minimum Gasteiger partial charge on any atom is -0.477 e. The van der Waals surface area contributed by atoms with Gasteiger partial charge in [0.2, 0.25) is 0 Å². The number of carboxylic acid groups (broad SMARTS) is 1. The fraction of sp³-hybridized carbons (Fsp3) is 0.267. The van der Waals surface area contributed by atoms with Crippen LogP contribution in [0.25, 0.3) is 0 Å². The molecule has 1 N–H and O–H groups in total. The Hall–Kier alpha value is -2.07. The van der Waals surface area contributed by atoms with Crippen LogP contribution in [0.2, 0.25) is 0 Å². The lowest BCUT2D eigenvalue weighted by Gasteiger charge is -2.26. The Morgan fingerprint density at radius 1 is 1.32 bits per heavy atom. The molecule has 1 atom stereocenters. The zero-order valence-corrected chi connectivity index (χ0v) is 10.5. The maximum Gasteiger partial charge on any atom is 0.352 e. The molecule has 3 rings (SSSR count). The van der Waals surface area contributed by atoms with Gasteiger partial charge in [-0.05, 0) is 29.7 Å². The first-order chi connectivity index (χ1) is 9.25. The number of nitrogens with zero attached hydrogens (tertiary/aromatic N) is 1. The Balaban J connectivity index is 1.89. The van der Waals surface area contributed by atoms with Crippen LogP contribution < -0.4 is 0 Å². The molecule has 4 heteroatoms. The van der Waals surface area contributed by atoms with Gasteiger partial charge in [-0.25, -0.2) is 4.79 Å². The van der Waals surface area contributed by atoms with Crippen LogP contribution in [0.3, 0.4) is 0 Å². The molecule has 1 aromatic heterocycles. The number of benzene rings is 1. The van der Waals surface area contributed by atoms with Crippen LogP contribution in [-0.4, -0.2) is 22.2 Å². The Kier molecular flexibility index (Phi) is 3.09. The first kappa shape index (κ1) is 12.0. The molecule has 4 nitrogen and oxygen atoms in total. The lowest BCUT2D eigenvalue weighted by Crippen LogP contribution is -2.21. The summed E-state index contributed by atoms with van der Waals surface area (Å²) < 4.78 is 7.53. The predicted octanol–water partition coefficient (Wildman–Crippen LogP) is 2.50. The van der Waals surface area contributed by atoms with E-state index in [1.54, 1.807) is 22.9 Å². The molecular weight excluding hydrogens is 242 g/mol. The van der Waals surface area contributed by atoms with E-state index in [2.05, 4.69) is 12.1 Å². The summed E-state index contributed by atoms with van der Waals surface area (Å²) in [5.74, 6) is -0.908. The normalized spacial score (nSPS) is 18.0. The first-order valence-corrected chi connectivity index (χ1v) is 6.33. The average Bonchev–Trinajstić information content (AvgIpc) is 2.87. The smallest absolute Gasteiger partial charge is 0.352 e. The number of fused-ring (bicyclic) bond motifs is 1. The van der Waals surface area contributed by atoms with E-state index >= 15 is 0 Å². The molecule has 2 heterocycles. The van der Waals surface area contributed by atoms with E-state index in [1.165, 1.54) is 11.1 Å². The van der Waals surface area contributed by atoms with Gasteiger partial charge < -0.3 is 14.4 Å². The molecule has 0 amide bonds. The van der Waals surface area contributed by atoms with Crippen molar-refractivity contribution in [2.24, 2.45) is 0 Å². The Morgan fingerprint density at radius 3 is 3.00 bits per heavy atom. The van der Waals surface area contributed by atoms with Crippen molar-refractivity contribution in [3.63, 3.8) is 0 Å². The summed E-state index contributed by atoms with van der Waals surface area (Å²) in [7, 11) is 0. The van der Waals surface area contributed by atoms with Gasteiger partial charge in [-0.1, -0.05) is 24.3 Å². The molecular formula is C15H15NO3. The van der Waals surface area contributed by atoms with Crippen LogP contribution in [-0.2, 0) is 17.7 Å². The molecule has 0 aliphatic carbocycles. The van der Waals surface area contributed by atoms with E-state index < -0.39 is 5.97 Å². The van der Waals surface area contributed by atoms with E-state index in [0.717, 1.165) is 6.42 Å². The van der Waals surface area contributed by atoms with E-state index in [9.17, 15) is 4.79 Å². The van der Waals surface area contributed by atoms with Gasteiger partial charge >= 0.3 is 5.97 Å². The van der Waals surface area contributed by atoms with Crippen LogP contribution in [0.15, 0.2) is 42.6 Å². The van der Waals surface area contributed by atoms with Crippen molar-refractivity contribution >= 4 is 5.97 Å². The molecule has 1 aliphatic heterocycles. The number of hydrogen-bond acceptors (Lipinski definition) is 2. The molecule has 0 radical (unpaired) electrons. The fourth-order valence-corrected chi connectivity index (χ4v) is 2.57. The number of aromatic carboxylic acids is 1. The van der Waals surface area contributed by atoms with Crippen molar-refractivity contribution in [3.05, 3.63) is 59.4 Å². The Morgan fingerprint density at radius 2 is 2.16 bits per heavy atom. The molecule has 0 saturated carbocycles. The third-order valence-electron chi connectivity index (χ3n) is 3.50. The summed E-state index contributed by atoms with van der Waals surface area (Å²) >= 11 is 0. The molecule has 0 fully saturated rings. The molecule has 0 saturated heterocycles. The second-order valence-electron chi connectivity index (χ2n) is 4.66. The molecule has 1 unspecified atom stereocenters.